The van der Waals surface area contributed by atoms with Gasteiger partial charge in [0, 0.05) is 6.04 Å². The molecule has 0 spiro atoms. The van der Waals surface area contributed by atoms with Crippen molar-refractivity contribution >= 4 is 17.3 Å². The van der Waals surface area contributed by atoms with E-state index in [4.69, 9.17) is 11.6 Å². The number of benzene rings is 1. The van der Waals surface area contributed by atoms with Gasteiger partial charge in [-0.05, 0) is 37.8 Å². The minimum atomic E-state index is 0.443. The molecular formula is C15H19ClN4. The van der Waals surface area contributed by atoms with Crippen LogP contribution >= 0.6 is 11.6 Å². The SMILES string of the molecule is CC(Nc1cccc(Cl)c1-n1cncn1)C1CCCC1. The lowest BCUT2D eigenvalue weighted by atomic mass is 9.99. The van der Waals surface area contributed by atoms with Crippen molar-refractivity contribution in [2.75, 3.05) is 5.32 Å². The Kier molecular flexibility index (Phi) is 3.92. The van der Waals surface area contributed by atoms with Crippen LogP contribution in [0.1, 0.15) is 32.6 Å². The van der Waals surface area contributed by atoms with E-state index in [0.29, 0.717) is 11.1 Å². The maximum atomic E-state index is 6.34. The lowest BCUT2D eigenvalue weighted by molar-refractivity contribution is 0.482. The quantitative estimate of drug-likeness (QED) is 0.928. The first-order valence-electron chi connectivity index (χ1n) is 7.16. The molecule has 1 aromatic carbocycles. The molecule has 1 N–H and O–H groups in total. The molecule has 1 saturated carbocycles. The van der Waals surface area contributed by atoms with E-state index in [-0.39, 0.29) is 0 Å². The highest BCUT2D eigenvalue weighted by Crippen LogP contribution is 2.32. The zero-order valence-electron chi connectivity index (χ0n) is 11.6. The predicted octanol–water partition coefficient (Wildman–Crippen LogP) is 3.91. The summed E-state index contributed by atoms with van der Waals surface area (Å²) in [5.74, 6) is 0.748. The van der Waals surface area contributed by atoms with Crippen molar-refractivity contribution in [2.24, 2.45) is 5.92 Å². The van der Waals surface area contributed by atoms with Crippen LogP contribution in [0, 0.1) is 5.92 Å². The zero-order valence-corrected chi connectivity index (χ0v) is 12.3. The molecule has 1 atom stereocenters. The number of rotatable bonds is 4. The highest BCUT2D eigenvalue weighted by atomic mass is 35.5. The van der Waals surface area contributed by atoms with E-state index in [1.54, 1.807) is 11.0 Å². The molecule has 106 valence electrons. The van der Waals surface area contributed by atoms with E-state index in [9.17, 15) is 0 Å². The molecule has 5 heteroatoms. The Morgan fingerprint density at radius 2 is 2.15 bits per heavy atom. The maximum Gasteiger partial charge on any atom is 0.138 e. The lowest BCUT2D eigenvalue weighted by Crippen LogP contribution is -2.24. The number of anilines is 1. The summed E-state index contributed by atoms with van der Waals surface area (Å²) in [5, 5.41) is 8.48. The van der Waals surface area contributed by atoms with Gasteiger partial charge < -0.3 is 5.32 Å². The third-order valence-corrected chi connectivity index (χ3v) is 4.43. The van der Waals surface area contributed by atoms with Crippen LogP contribution < -0.4 is 5.32 Å². The van der Waals surface area contributed by atoms with Gasteiger partial charge in [0.1, 0.15) is 18.3 Å². The largest absolute Gasteiger partial charge is 0.381 e. The second kappa shape index (κ2) is 5.83. The second-order valence-electron chi connectivity index (χ2n) is 5.45. The third kappa shape index (κ3) is 2.66. The highest BCUT2D eigenvalue weighted by Gasteiger charge is 2.22. The summed E-state index contributed by atoms with van der Waals surface area (Å²) in [4.78, 5) is 4.00. The van der Waals surface area contributed by atoms with Gasteiger partial charge in [-0.25, -0.2) is 9.67 Å². The molecule has 0 bridgehead atoms. The number of para-hydroxylation sites is 1. The number of hydrogen-bond donors (Lipinski definition) is 1. The molecule has 0 amide bonds. The van der Waals surface area contributed by atoms with Crippen molar-refractivity contribution in [2.45, 2.75) is 38.6 Å². The molecule has 0 aliphatic heterocycles. The van der Waals surface area contributed by atoms with Crippen molar-refractivity contribution in [1.29, 1.82) is 0 Å². The molecule has 1 heterocycles. The Morgan fingerprint density at radius 3 is 2.85 bits per heavy atom. The normalized spacial score (nSPS) is 17.3. The van der Waals surface area contributed by atoms with Gasteiger partial charge >= 0.3 is 0 Å². The molecule has 1 aliphatic rings. The number of nitrogens with one attached hydrogen (secondary N) is 1. The number of aromatic nitrogens is 3. The summed E-state index contributed by atoms with van der Waals surface area (Å²) < 4.78 is 1.71. The van der Waals surface area contributed by atoms with E-state index in [1.165, 1.54) is 32.0 Å². The van der Waals surface area contributed by atoms with Gasteiger partial charge in [-0.1, -0.05) is 30.5 Å². The van der Waals surface area contributed by atoms with E-state index in [1.807, 2.05) is 18.2 Å². The fraction of sp³-hybridized carbons (Fsp3) is 0.467. The lowest BCUT2D eigenvalue weighted by Gasteiger charge is -2.23. The minimum absolute atomic E-state index is 0.443. The number of halogens is 1. The van der Waals surface area contributed by atoms with Crippen LogP contribution in [0.15, 0.2) is 30.9 Å². The van der Waals surface area contributed by atoms with Gasteiger partial charge in [-0.15, -0.1) is 0 Å². The molecule has 1 aromatic heterocycles. The van der Waals surface area contributed by atoms with Gasteiger partial charge in [0.05, 0.1) is 10.7 Å². The molecule has 1 fully saturated rings. The van der Waals surface area contributed by atoms with Crippen molar-refractivity contribution < 1.29 is 0 Å². The van der Waals surface area contributed by atoms with Crippen molar-refractivity contribution in [3.05, 3.63) is 35.9 Å². The van der Waals surface area contributed by atoms with E-state index >= 15 is 0 Å². The molecule has 1 unspecified atom stereocenters. The molecule has 0 radical (unpaired) electrons. The Morgan fingerprint density at radius 1 is 1.35 bits per heavy atom. The van der Waals surface area contributed by atoms with Crippen LogP contribution in [0.25, 0.3) is 5.69 Å². The van der Waals surface area contributed by atoms with Gasteiger partial charge in [0.25, 0.3) is 0 Å². The van der Waals surface area contributed by atoms with Gasteiger partial charge in [-0.2, -0.15) is 5.10 Å². The first-order valence-corrected chi connectivity index (χ1v) is 7.53. The number of hydrogen-bond acceptors (Lipinski definition) is 3. The summed E-state index contributed by atoms with van der Waals surface area (Å²) in [7, 11) is 0. The van der Waals surface area contributed by atoms with E-state index < -0.39 is 0 Å². The Balaban J connectivity index is 1.87. The standard InChI is InChI=1S/C15H19ClN4/c1-11(12-5-2-3-6-12)19-14-8-4-7-13(16)15(14)20-10-17-9-18-20/h4,7-12,19H,2-3,5-6H2,1H3. The van der Waals surface area contributed by atoms with Crippen molar-refractivity contribution in [3.8, 4) is 5.69 Å². The average molecular weight is 291 g/mol. The fourth-order valence-electron chi connectivity index (χ4n) is 3.01. The first-order chi connectivity index (χ1) is 9.75. The molecule has 3 rings (SSSR count). The van der Waals surface area contributed by atoms with Gasteiger partial charge in [0.15, 0.2) is 0 Å². The Hall–Kier alpha value is -1.55. The topological polar surface area (TPSA) is 42.7 Å². The van der Waals surface area contributed by atoms with Crippen LogP contribution in [-0.4, -0.2) is 20.8 Å². The summed E-state index contributed by atoms with van der Waals surface area (Å²) in [5.41, 5.74) is 1.89. The van der Waals surface area contributed by atoms with Crippen LogP contribution in [0.2, 0.25) is 5.02 Å². The second-order valence-corrected chi connectivity index (χ2v) is 5.86. The smallest absolute Gasteiger partial charge is 0.138 e. The molecule has 4 nitrogen and oxygen atoms in total. The number of nitrogens with zero attached hydrogens (tertiary/aromatic N) is 3. The van der Waals surface area contributed by atoms with Crippen molar-refractivity contribution in [3.63, 3.8) is 0 Å². The highest BCUT2D eigenvalue weighted by molar-refractivity contribution is 6.33. The summed E-state index contributed by atoms with van der Waals surface area (Å²) in [6.45, 7) is 2.25. The summed E-state index contributed by atoms with van der Waals surface area (Å²) in [6, 6.07) is 6.34. The summed E-state index contributed by atoms with van der Waals surface area (Å²) in [6.07, 6.45) is 8.52. The van der Waals surface area contributed by atoms with E-state index in [0.717, 1.165) is 17.3 Å². The summed E-state index contributed by atoms with van der Waals surface area (Å²) >= 11 is 6.34. The van der Waals surface area contributed by atoms with Crippen LogP contribution in [0.5, 0.6) is 0 Å². The Bertz CT molecular complexity index is 561. The van der Waals surface area contributed by atoms with Crippen molar-refractivity contribution in [1.82, 2.24) is 14.8 Å². The minimum Gasteiger partial charge on any atom is -0.381 e. The molecule has 20 heavy (non-hydrogen) atoms. The predicted molar refractivity (Wildman–Crippen MR) is 81.4 cm³/mol. The fourth-order valence-corrected chi connectivity index (χ4v) is 3.27. The monoisotopic (exact) mass is 290 g/mol. The molecule has 0 saturated heterocycles. The van der Waals surface area contributed by atoms with Crippen LogP contribution in [0.4, 0.5) is 5.69 Å². The van der Waals surface area contributed by atoms with Crippen LogP contribution in [0.3, 0.4) is 0 Å². The molecular weight excluding hydrogens is 272 g/mol. The first kappa shape index (κ1) is 13.4. The average Bonchev–Trinajstić information content (AvgIpc) is 3.12. The molecule has 1 aliphatic carbocycles. The van der Waals surface area contributed by atoms with Gasteiger partial charge in [-0.3, -0.25) is 0 Å². The zero-order chi connectivity index (χ0) is 13.9. The maximum absolute atomic E-state index is 6.34. The van der Waals surface area contributed by atoms with Gasteiger partial charge in [0.2, 0.25) is 0 Å². The molecule has 2 aromatic rings. The third-order valence-electron chi connectivity index (χ3n) is 4.12. The van der Waals surface area contributed by atoms with E-state index in [2.05, 4.69) is 22.3 Å². The van der Waals surface area contributed by atoms with Crippen LogP contribution in [-0.2, 0) is 0 Å². The Labute approximate surface area is 124 Å².